The summed E-state index contributed by atoms with van der Waals surface area (Å²) in [7, 11) is -7.42. The number of hydrogen-bond donors (Lipinski definition) is 0. The van der Waals surface area contributed by atoms with Crippen LogP contribution in [0.2, 0.25) is 0 Å². The Bertz CT molecular complexity index is 578. The van der Waals surface area contributed by atoms with Gasteiger partial charge in [0.1, 0.15) is 0 Å². The first-order chi connectivity index (χ1) is 12.1. The fourth-order valence-electron chi connectivity index (χ4n) is 2.05. The molecule has 0 spiro atoms. The van der Waals surface area contributed by atoms with Crippen molar-refractivity contribution in [3.8, 4) is 0 Å². The van der Waals surface area contributed by atoms with Gasteiger partial charge in [0.15, 0.2) is 0 Å². The molecule has 2 rings (SSSR count). The minimum absolute atomic E-state index is 0.0660. The van der Waals surface area contributed by atoms with Crippen LogP contribution in [0.4, 0.5) is 0 Å². The van der Waals surface area contributed by atoms with Gasteiger partial charge in [-0.1, -0.05) is 76.9 Å². The molecular weight excluding hydrogens is 646 g/mol. The molecule has 0 aromatic rings. The molecule has 2 heterocycles. The average molecular weight is 666 g/mol. The molecule has 2 fully saturated rings. The van der Waals surface area contributed by atoms with Gasteiger partial charge in [-0.05, 0) is 0 Å². The molecule has 0 amide bonds. The third-order valence-corrected chi connectivity index (χ3v) is 13.0. The molecule has 26 heavy (non-hydrogen) atoms. The third-order valence-electron chi connectivity index (χ3n) is 4.29. The zero-order chi connectivity index (χ0) is 19.6. The van der Waals surface area contributed by atoms with E-state index in [4.69, 9.17) is 18.1 Å². The van der Waals surface area contributed by atoms with Gasteiger partial charge in [-0.25, -0.2) is 0 Å². The first-order valence-electron chi connectivity index (χ1n) is 7.55. The molecular formula is C14H20Br4O6P2. The molecule has 12 heteroatoms. The van der Waals surface area contributed by atoms with E-state index in [1.54, 1.807) is 0 Å². The Morgan fingerprint density at radius 1 is 0.692 bits per heavy atom. The molecule has 2 aliphatic rings. The van der Waals surface area contributed by atoms with Gasteiger partial charge >= 0.3 is 15.2 Å². The Hall–Kier alpha value is 1.70. The van der Waals surface area contributed by atoms with Crippen LogP contribution < -0.4 is 0 Å². The van der Waals surface area contributed by atoms with Crippen LogP contribution in [0, 0.1) is 10.8 Å². The van der Waals surface area contributed by atoms with E-state index in [0.29, 0.717) is 21.3 Å². The molecule has 6 nitrogen and oxygen atoms in total. The van der Waals surface area contributed by atoms with Crippen molar-refractivity contribution >= 4 is 78.9 Å². The van der Waals surface area contributed by atoms with E-state index in [1.165, 1.54) is 0 Å². The van der Waals surface area contributed by atoms with Gasteiger partial charge in [-0.3, -0.25) is 9.13 Å². The summed E-state index contributed by atoms with van der Waals surface area (Å²) in [5.74, 6) is 0. The Morgan fingerprint density at radius 3 is 1.12 bits per heavy atom. The van der Waals surface area contributed by atoms with Gasteiger partial charge in [0.25, 0.3) is 0 Å². The molecule has 2 saturated heterocycles. The van der Waals surface area contributed by atoms with Crippen LogP contribution >= 0.6 is 78.9 Å². The monoisotopic (exact) mass is 662 g/mol. The number of hydrogen-bond acceptors (Lipinski definition) is 6. The maximum absolute atomic E-state index is 13.0. The van der Waals surface area contributed by atoms with E-state index in [2.05, 4.69) is 76.9 Å². The zero-order valence-electron chi connectivity index (χ0n) is 13.9. The van der Waals surface area contributed by atoms with Crippen LogP contribution in [-0.4, -0.2) is 47.7 Å². The minimum atomic E-state index is -3.71. The van der Waals surface area contributed by atoms with Gasteiger partial charge < -0.3 is 18.1 Å². The topological polar surface area (TPSA) is 71.1 Å². The van der Waals surface area contributed by atoms with Crippen molar-refractivity contribution in [2.45, 2.75) is 0 Å². The van der Waals surface area contributed by atoms with Crippen LogP contribution in [0.5, 0.6) is 0 Å². The van der Waals surface area contributed by atoms with E-state index in [-0.39, 0.29) is 47.9 Å². The zero-order valence-corrected chi connectivity index (χ0v) is 22.1. The standard InChI is InChI=1S/C14H20Br4O6P2/c1-11(25(19)21-7-13(3-15,4-16)8-22-25)12(2)26(20)23-9-14(5-17,6-18)10-24-26/h1-10H2. The summed E-state index contributed by atoms with van der Waals surface area (Å²) >= 11 is 13.7. The summed E-state index contributed by atoms with van der Waals surface area (Å²) in [4.78, 5) is 0. The van der Waals surface area contributed by atoms with E-state index in [9.17, 15) is 9.13 Å². The van der Waals surface area contributed by atoms with Crippen molar-refractivity contribution in [1.82, 2.24) is 0 Å². The molecule has 2 aliphatic heterocycles. The lowest BCUT2D eigenvalue weighted by atomic mass is 9.96. The van der Waals surface area contributed by atoms with Crippen molar-refractivity contribution in [2.75, 3.05) is 47.7 Å². The van der Waals surface area contributed by atoms with Crippen molar-refractivity contribution in [3.05, 3.63) is 23.8 Å². The fraction of sp³-hybridized carbons (Fsp3) is 0.714. The Morgan fingerprint density at radius 2 is 0.923 bits per heavy atom. The van der Waals surface area contributed by atoms with Crippen molar-refractivity contribution < 1.29 is 27.2 Å². The smallest absolute Gasteiger partial charge is 0.304 e. The van der Waals surface area contributed by atoms with Crippen molar-refractivity contribution in [3.63, 3.8) is 0 Å². The highest BCUT2D eigenvalue weighted by Crippen LogP contribution is 2.70. The molecule has 0 atom stereocenters. The molecule has 0 N–H and O–H groups in total. The normalized spacial score (nSPS) is 26.2. The van der Waals surface area contributed by atoms with Crippen LogP contribution in [-0.2, 0) is 27.2 Å². The van der Waals surface area contributed by atoms with Crippen LogP contribution in [0.1, 0.15) is 0 Å². The average Bonchev–Trinajstić information content (AvgIpc) is 2.69. The van der Waals surface area contributed by atoms with Gasteiger partial charge in [-0.2, -0.15) is 0 Å². The van der Waals surface area contributed by atoms with E-state index in [1.807, 2.05) is 0 Å². The maximum Gasteiger partial charge on any atom is 0.361 e. The Balaban J connectivity index is 2.09. The number of allylic oxidation sites excluding steroid dienone is 2. The van der Waals surface area contributed by atoms with Gasteiger partial charge in [0, 0.05) is 32.2 Å². The second-order valence-electron chi connectivity index (χ2n) is 6.52. The predicted octanol–water partition coefficient (Wildman–Crippen LogP) is 6.05. The SMILES string of the molecule is C=C(C(=C)P1(=O)OCC(CBr)(CBr)CO1)P1(=O)OCC(CBr)(CBr)CO1. The first kappa shape index (κ1) is 24.0. The summed E-state index contributed by atoms with van der Waals surface area (Å²) in [5.41, 5.74) is -0.661. The van der Waals surface area contributed by atoms with Crippen LogP contribution in [0.25, 0.3) is 0 Å². The molecule has 150 valence electrons. The summed E-state index contributed by atoms with van der Waals surface area (Å²) in [6.07, 6.45) is 0. The number of halogens is 4. The molecule has 0 unspecified atom stereocenters. The lowest BCUT2D eigenvalue weighted by Crippen LogP contribution is -2.39. The fourth-order valence-corrected chi connectivity index (χ4v) is 9.12. The first-order valence-corrected chi connectivity index (χ1v) is 15.1. The second-order valence-corrected chi connectivity index (χ2v) is 12.9. The molecule has 0 aromatic heterocycles. The second kappa shape index (κ2) is 9.23. The lowest BCUT2D eigenvalue weighted by Gasteiger charge is -2.40. The number of rotatable bonds is 7. The van der Waals surface area contributed by atoms with Crippen molar-refractivity contribution in [2.24, 2.45) is 10.8 Å². The molecule has 0 bridgehead atoms. The maximum atomic E-state index is 13.0. The van der Waals surface area contributed by atoms with Crippen LogP contribution in [0.15, 0.2) is 23.8 Å². The van der Waals surface area contributed by atoms with Gasteiger partial charge in [-0.15, -0.1) is 0 Å². The minimum Gasteiger partial charge on any atom is -0.304 e. The van der Waals surface area contributed by atoms with E-state index < -0.39 is 15.2 Å². The highest BCUT2D eigenvalue weighted by molar-refractivity contribution is 9.10. The van der Waals surface area contributed by atoms with Crippen molar-refractivity contribution in [1.29, 1.82) is 0 Å². The summed E-state index contributed by atoms with van der Waals surface area (Å²) in [5, 5.41) is 2.33. The summed E-state index contributed by atoms with van der Waals surface area (Å²) in [6, 6.07) is 0. The lowest BCUT2D eigenvalue weighted by molar-refractivity contribution is 0.0495. The molecule has 0 saturated carbocycles. The number of alkyl halides is 4. The van der Waals surface area contributed by atoms with Gasteiger partial charge in [0.2, 0.25) is 0 Å². The third kappa shape index (κ3) is 4.71. The quantitative estimate of drug-likeness (QED) is 0.188. The van der Waals surface area contributed by atoms with E-state index in [0.717, 1.165) is 0 Å². The molecule has 0 radical (unpaired) electrons. The highest BCUT2D eigenvalue weighted by atomic mass is 79.9. The van der Waals surface area contributed by atoms with Crippen LogP contribution in [0.3, 0.4) is 0 Å². The Labute approximate surface area is 187 Å². The van der Waals surface area contributed by atoms with E-state index >= 15 is 0 Å². The Kier molecular flexibility index (Phi) is 8.51. The molecule has 0 aliphatic carbocycles. The largest absolute Gasteiger partial charge is 0.361 e. The summed E-state index contributed by atoms with van der Waals surface area (Å²) < 4.78 is 48.2. The predicted molar refractivity (Wildman–Crippen MR) is 117 cm³/mol. The highest BCUT2D eigenvalue weighted by Gasteiger charge is 2.49. The van der Waals surface area contributed by atoms with Gasteiger partial charge in [0.05, 0.1) is 37.1 Å². The molecule has 0 aromatic carbocycles. The summed E-state index contributed by atoms with van der Waals surface area (Å²) in [6.45, 7) is 8.33.